The van der Waals surface area contributed by atoms with Crippen molar-refractivity contribution in [2.24, 2.45) is 5.92 Å². The van der Waals surface area contributed by atoms with E-state index in [-0.39, 0.29) is 0 Å². The van der Waals surface area contributed by atoms with E-state index in [0.29, 0.717) is 0 Å². The van der Waals surface area contributed by atoms with Gasteiger partial charge in [-0.2, -0.15) is 0 Å². The Bertz CT molecular complexity index is 392. The number of methoxy groups -OCH3 is 1. The summed E-state index contributed by atoms with van der Waals surface area (Å²) < 4.78 is 6.49. The zero-order chi connectivity index (χ0) is 13.5. The summed E-state index contributed by atoms with van der Waals surface area (Å²) in [6.45, 7) is 4.51. The molecule has 3 nitrogen and oxygen atoms in total. The van der Waals surface area contributed by atoms with Gasteiger partial charge < -0.3 is 15.4 Å². The van der Waals surface area contributed by atoms with E-state index in [9.17, 15) is 0 Å². The van der Waals surface area contributed by atoms with Crippen LogP contribution < -0.4 is 15.4 Å². The predicted octanol–water partition coefficient (Wildman–Crippen LogP) is 2.59. The van der Waals surface area contributed by atoms with Gasteiger partial charge in [0.05, 0.1) is 7.11 Å². The minimum absolute atomic E-state index is 0.868. The monoisotopic (exact) mass is 326 g/mol. The first-order valence-electron chi connectivity index (χ1n) is 7.03. The molecule has 2 rings (SSSR count). The quantitative estimate of drug-likeness (QED) is 0.755. The zero-order valence-corrected chi connectivity index (χ0v) is 13.1. The van der Waals surface area contributed by atoms with Gasteiger partial charge in [-0.25, -0.2) is 0 Å². The molecule has 1 heterocycles. The van der Waals surface area contributed by atoms with Gasteiger partial charge in [0.2, 0.25) is 0 Å². The fourth-order valence-electron chi connectivity index (χ4n) is 2.56. The van der Waals surface area contributed by atoms with Crippen LogP contribution >= 0.6 is 15.9 Å². The van der Waals surface area contributed by atoms with Gasteiger partial charge in [-0.3, -0.25) is 0 Å². The average molecular weight is 327 g/mol. The molecule has 0 saturated carbocycles. The van der Waals surface area contributed by atoms with Crippen molar-refractivity contribution in [3.63, 3.8) is 0 Å². The lowest BCUT2D eigenvalue weighted by atomic mass is 10.1. The second-order valence-electron chi connectivity index (χ2n) is 5.10. The lowest BCUT2D eigenvalue weighted by Gasteiger charge is -2.11. The number of benzene rings is 1. The zero-order valence-electron chi connectivity index (χ0n) is 11.5. The van der Waals surface area contributed by atoms with E-state index in [2.05, 4.69) is 32.6 Å². The van der Waals surface area contributed by atoms with E-state index in [4.69, 9.17) is 4.74 Å². The Labute approximate surface area is 124 Å². The maximum absolute atomic E-state index is 5.38. The molecule has 0 bridgehead atoms. The third-order valence-electron chi connectivity index (χ3n) is 3.71. The largest absolute Gasteiger partial charge is 0.496 e. The molecule has 1 aromatic rings. The Balaban J connectivity index is 1.68. The van der Waals surface area contributed by atoms with Crippen molar-refractivity contribution in [3.8, 4) is 5.75 Å². The van der Waals surface area contributed by atoms with Crippen LogP contribution in [0.2, 0.25) is 0 Å². The topological polar surface area (TPSA) is 33.3 Å². The van der Waals surface area contributed by atoms with Crippen LogP contribution in [0.25, 0.3) is 0 Å². The van der Waals surface area contributed by atoms with Crippen LogP contribution in [0.4, 0.5) is 0 Å². The molecule has 1 fully saturated rings. The van der Waals surface area contributed by atoms with Crippen molar-refractivity contribution in [1.29, 1.82) is 0 Å². The molecule has 0 aromatic heterocycles. The van der Waals surface area contributed by atoms with E-state index in [1.807, 2.05) is 12.1 Å². The Kier molecular flexibility index (Phi) is 6.14. The molecule has 19 heavy (non-hydrogen) atoms. The van der Waals surface area contributed by atoms with Crippen molar-refractivity contribution in [2.75, 3.05) is 33.3 Å². The highest BCUT2D eigenvalue weighted by molar-refractivity contribution is 9.10. The smallest absolute Gasteiger partial charge is 0.122 e. The molecule has 1 atom stereocenters. The van der Waals surface area contributed by atoms with Crippen molar-refractivity contribution in [2.45, 2.75) is 19.3 Å². The number of hydrogen-bond acceptors (Lipinski definition) is 3. The number of hydrogen-bond donors (Lipinski definition) is 2. The number of halogens is 1. The van der Waals surface area contributed by atoms with Crippen LogP contribution in [0.1, 0.15) is 18.4 Å². The molecule has 1 unspecified atom stereocenters. The van der Waals surface area contributed by atoms with Crippen LogP contribution in [-0.2, 0) is 6.42 Å². The van der Waals surface area contributed by atoms with E-state index in [0.717, 1.165) is 35.7 Å². The molecule has 2 N–H and O–H groups in total. The summed E-state index contributed by atoms with van der Waals surface area (Å²) in [7, 11) is 1.73. The normalized spacial score (nSPS) is 18.7. The Morgan fingerprint density at radius 2 is 2.32 bits per heavy atom. The van der Waals surface area contributed by atoms with E-state index >= 15 is 0 Å². The van der Waals surface area contributed by atoms with Crippen LogP contribution in [0.5, 0.6) is 5.75 Å². The molecule has 4 heteroatoms. The third kappa shape index (κ3) is 4.79. The van der Waals surface area contributed by atoms with Gasteiger partial charge in [0.25, 0.3) is 0 Å². The van der Waals surface area contributed by atoms with Crippen LogP contribution in [0.3, 0.4) is 0 Å². The van der Waals surface area contributed by atoms with Crippen LogP contribution in [-0.4, -0.2) is 33.3 Å². The third-order valence-corrected chi connectivity index (χ3v) is 4.20. The van der Waals surface area contributed by atoms with Gasteiger partial charge in [-0.05, 0) is 75.1 Å². The standard InChI is InChI=1S/C15H23BrN2O/c1-19-15-3-2-14(16)10-13(15)6-9-17-7-4-12-5-8-18-11-12/h2-3,10,12,17-18H,4-9,11H2,1H3. The summed E-state index contributed by atoms with van der Waals surface area (Å²) in [6.07, 6.45) is 3.62. The summed E-state index contributed by atoms with van der Waals surface area (Å²) in [4.78, 5) is 0. The van der Waals surface area contributed by atoms with E-state index < -0.39 is 0 Å². The van der Waals surface area contributed by atoms with Gasteiger partial charge >= 0.3 is 0 Å². The van der Waals surface area contributed by atoms with Gasteiger partial charge in [0.15, 0.2) is 0 Å². The first kappa shape index (κ1) is 14.8. The molecule has 1 aromatic carbocycles. The summed E-state index contributed by atoms with van der Waals surface area (Å²) in [5.74, 6) is 1.85. The molecule has 106 valence electrons. The molecule has 1 aliphatic heterocycles. The highest BCUT2D eigenvalue weighted by Gasteiger charge is 2.13. The first-order valence-corrected chi connectivity index (χ1v) is 7.82. The van der Waals surface area contributed by atoms with E-state index in [1.165, 1.54) is 31.5 Å². The summed E-state index contributed by atoms with van der Waals surface area (Å²) in [5.41, 5.74) is 1.26. The summed E-state index contributed by atoms with van der Waals surface area (Å²) >= 11 is 3.51. The van der Waals surface area contributed by atoms with Crippen LogP contribution in [0, 0.1) is 5.92 Å². The lowest BCUT2D eigenvalue weighted by molar-refractivity contribution is 0.408. The van der Waals surface area contributed by atoms with Gasteiger partial charge in [0.1, 0.15) is 5.75 Å². The van der Waals surface area contributed by atoms with Gasteiger partial charge in [0, 0.05) is 4.47 Å². The number of ether oxygens (including phenoxy) is 1. The maximum Gasteiger partial charge on any atom is 0.122 e. The average Bonchev–Trinajstić information content (AvgIpc) is 2.92. The molecule has 0 aliphatic carbocycles. The van der Waals surface area contributed by atoms with Gasteiger partial charge in [-0.1, -0.05) is 15.9 Å². The predicted molar refractivity (Wildman–Crippen MR) is 82.9 cm³/mol. The Morgan fingerprint density at radius 3 is 3.05 bits per heavy atom. The summed E-state index contributed by atoms with van der Waals surface area (Å²) in [5, 5.41) is 6.94. The fourth-order valence-corrected chi connectivity index (χ4v) is 2.97. The summed E-state index contributed by atoms with van der Waals surface area (Å²) in [6, 6.07) is 6.17. The minimum atomic E-state index is 0.868. The van der Waals surface area contributed by atoms with Crippen molar-refractivity contribution >= 4 is 15.9 Å². The van der Waals surface area contributed by atoms with Crippen LogP contribution in [0.15, 0.2) is 22.7 Å². The molecular formula is C15H23BrN2O. The molecular weight excluding hydrogens is 304 g/mol. The van der Waals surface area contributed by atoms with Gasteiger partial charge in [-0.15, -0.1) is 0 Å². The van der Waals surface area contributed by atoms with E-state index in [1.54, 1.807) is 7.11 Å². The Hall–Kier alpha value is -0.580. The molecule has 1 aliphatic rings. The Morgan fingerprint density at radius 1 is 1.42 bits per heavy atom. The molecule has 0 radical (unpaired) electrons. The van der Waals surface area contributed by atoms with Crippen molar-refractivity contribution in [3.05, 3.63) is 28.2 Å². The fraction of sp³-hybridized carbons (Fsp3) is 0.600. The van der Waals surface area contributed by atoms with Crippen molar-refractivity contribution in [1.82, 2.24) is 10.6 Å². The second-order valence-corrected chi connectivity index (χ2v) is 6.02. The second kappa shape index (κ2) is 7.88. The molecule has 0 amide bonds. The lowest BCUT2D eigenvalue weighted by Crippen LogP contribution is -2.21. The molecule has 0 spiro atoms. The number of nitrogens with one attached hydrogen (secondary N) is 2. The maximum atomic E-state index is 5.38. The number of rotatable bonds is 7. The van der Waals surface area contributed by atoms with Crippen molar-refractivity contribution < 1.29 is 4.74 Å². The highest BCUT2D eigenvalue weighted by atomic mass is 79.9. The first-order chi connectivity index (χ1) is 9.29. The SMILES string of the molecule is COc1ccc(Br)cc1CCNCCC1CCNC1. The minimum Gasteiger partial charge on any atom is -0.496 e. The highest BCUT2D eigenvalue weighted by Crippen LogP contribution is 2.23. The molecule has 1 saturated heterocycles.